The maximum absolute atomic E-state index is 14.1. The fourth-order valence-electron chi connectivity index (χ4n) is 4.19. The van der Waals surface area contributed by atoms with Gasteiger partial charge < -0.3 is 10.2 Å². The summed E-state index contributed by atoms with van der Waals surface area (Å²) >= 11 is 2.14. The monoisotopic (exact) mass is 661 g/mol. The summed E-state index contributed by atoms with van der Waals surface area (Å²) in [6, 6.07) is 23.3. The molecule has 0 radical (unpaired) electrons. The maximum atomic E-state index is 14.1. The molecule has 2 atom stereocenters. The number of carbonyl (C=O) groups excluding carboxylic acids is 2. The van der Waals surface area contributed by atoms with Crippen LogP contribution in [0.5, 0.6) is 0 Å². The van der Waals surface area contributed by atoms with Gasteiger partial charge in [-0.2, -0.15) is 0 Å². The second kappa shape index (κ2) is 13.9. The van der Waals surface area contributed by atoms with Crippen molar-refractivity contribution in [2.24, 2.45) is 0 Å². The first-order chi connectivity index (χ1) is 18.5. The zero-order valence-corrected chi connectivity index (χ0v) is 25.8. The van der Waals surface area contributed by atoms with E-state index in [-0.39, 0.29) is 18.5 Å². The summed E-state index contributed by atoms with van der Waals surface area (Å²) in [7, 11) is -3.79. The molecule has 1 N–H and O–H groups in total. The third-order valence-electron chi connectivity index (χ3n) is 6.67. The average molecular weight is 662 g/mol. The van der Waals surface area contributed by atoms with Gasteiger partial charge in [-0.05, 0) is 83.8 Å². The Morgan fingerprint density at radius 1 is 0.949 bits per heavy atom. The van der Waals surface area contributed by atoms with Crippen molar-refractivity contribution in [3.05, 3.63) is 99.1 Å². The third kappa shape index (κ3) is 8.79. The minimum atomic E-state index is -3.79. The minimum absolute atomic E-state index is 0.0782. The summed E-state index contributed by atoms with van der Waals surface area (Å²) in [4.78, 5) is 29.3. The smallest absolute Gasteiger partial charge is 0.244 e. The Morgan fingerprint density at radius 3 is 2.15 bits per heavy atom. The van der Waals surface area contributed by atoms with Gasteiger partial charge in [0.05, 0.1) is 11.9 Å². The van der Waals surface area contributed by atoms with Crippen molar-refractivity contribution in [1.29, 1.82) is 0 Å². The number of hydrogen-bond acceptors (Lipinski definition) is 4. The zero-order chi connectivity index (χ0) is 28.6. The Labute approximate surface area is 245 Å². The molecule has 0 fully saturated rings. The Kier molecular flexibility index (Phi) is 10.9. The van der Waals surface area contributed by atoms with E-state index in [1.54, 1.807) is 24.3 Å². The van der Waals surface area contributed by atoms with Crippen molar-refractivity contribution in [3.8, 4) is 0 Å². The largest absolute Gasteiger partial charge is 0.352 e. The molecule has 0 saturated carbocycles. The number of nitrogens with one attached hydrogen (secondary N) is 1. The summed E-state index contributed by atoms with van der Waals surface area (Å²) < 4.78 is 27.7. The van der Waals surface area contributed by atoms with Crippen LogP contribution in [0.2, 0.25) is 0 Å². The van der Waals surface area contributed by atoms with Gasteiger partial charge in [-0.25, -0.2) is 8.42 Å². The fraction of sp³-hybridized carbons (Fsp3) is 0.333. The van der Waals surface area contributed by atoms with Crippen LogP contribution >= 0.6 is 22.6 Å². The number of hydrogen-bond donors (Lipinski definition) is 1. The minimum Gasteiger partial charge on any atom is -0.352 e. The second-order valence-electron chi connectivity index (χ2n) is 9.72. The Hall–Kier alpha value is -2.92. The molecule has 3 aromatic rings. The van der Waals surface area contributed by atoms with E-state index in [0.717, 1.165) is 37.2 Å². The van der Waals surface area contributed by atoms with Crippen LogP contribution in [0.3, 0.4) is 0 Å². The van der Waals surface area contributed by atoms with E-state index in [1.807, 2.05) is 75.4 Å². The van der Waals surface area contributed by atoms with E-state index in [9.17, 15) is 18.0 Å². The fourth-order valence-corrected chi connectivity index (χ4v) is 5.40. The van der Waals surface area contributed by atoms with Crippen LogP contribution in [0.25, 0.3) is 0 Å². The number of halogens is 1. The number of anilines is 1. The number of rotatable bonds is 12. The molecule has 0 spiro atoms. The van der Waals surface area contributed by atoms with E-state index < -0.39 is 28.5 Å². The first-order valence-electron chi connectivity index (χ1n) is 12.9. The second-order valence-corrected chi connectivity index (χ2v) is 12.9. The number of carbonyl (C=O) groups is 2. The molecule has 39 heavy (non-hydrogen) atoms. The summed E-state index contributed by atoms with van der Waals surface area (Å²) in [6.07, 6.45) is 2.12. The van der Waals surface area contributed by atoms with Gasteiger partial charge in [-0.3, -0.25) is 13.9 Å². The summed E-state index contributed by atoms with van der Waals surface area (Å²) in [5.74, 6) is -0.724. The molecule has 208 valence electrons. The molecular formula is C30H36IN3O4S. The summed E-state index contributed by atoms with van der Waals surface area (Å²) in [5, 5.41) is 3.04. The number of benzene rings is 3. The van der Waals surface area contributed by atoms with E-state index in [1.165, 1.54) is 4.90 Å². The first-order valence-corrected chi connectivity index (χ1v) is 15.8. The van der Waals surface area contributed by atoms with Gasteiger partial charge in [0.2, 0.25) is 21.8 Å². The van der Waals surface area contributed by atoms with Crippen LogP contribution in [0.4, 0.5) is 5.69 Å². The van der Waals surface area contributed by atoms with E-state index in [4.69, 9.17) is 0 Å². The Balaban J connectivity index is 2.06. The van der Waals surface area contributed by atoms with Crippen LogP contribution < -0.4 is 9.62 Å². The zero-order valence-electron chi connectivity index (χ0n) is 22.8. The van der Waals surface area contributed by atoms with Crippen LogP contribution in [-0.4, -0.2) is 50.0 Å². The van der Waals surface area contributed by atoms with Crippen LogP contribution in [0, 0.1) is 10.5 Å². The van der Waals surface area contributed by atoms with E-state index in [0.29, 0.717) is 12.1 Å². The molecule has 0 bridgehead atoms. The van der Waals surface area contributed by atoms with Gasteiger partial charge in [-0.1, -0.05) is 61.5 Å². The van der Waals surface area contributed by atoms with Crippen molar-refractivity contribution in [1.82, 2.24) is 10.2 Å². The SMILES string of the molecule is CC[C@@H](C)NC(=O)[C@H](Cc1ccccc1)N(Cc1ccccc1C)C(=O)CN(c1ccc(I)cc1)S(C)(=O)=O. The summed E-state index contributed by atoms with van der Waals surface area (Å²) in [6.45, 7) is 5.61. The number of sulfonamides is 1. The molecule has 9 heteroatoms. The standard InChI is InChI=1S/C30H36IN3O4S/c1-5-23(3)32-30(36)28(19-24-12-7-6-8-13-24)33(20-25-14-10-9-11-22(25)2)29(35)21-34(39(4,37)38)27-17-15-26(31)16-18-27/h6-18,23,28H,5,19-21H2,1-4H3,(H,32,36)/t23-,28+/m1/s1. The molecule has 0 unspecified atom stereocenters. The van der Waals surface area contributed by atoms with Gasteiger partial charge in [-0.15, -0.1) is 0 Å². The normalized spacial score (nSPS) is 12.8. The molecule has 0 aliphatic heterocycles. The average Bonchev–Trinajstić information content (AvgIpc) is 2.90. The van der Waals surface area contributed by atoms with Gasteiger partial charge in [0.15, 0.2) is 0 Å². The molecule has 0 aliphatic carbocycles. The molecule has 3 aromatic carbocycles. The molecule has 2 amide bonds. The van der Waals surface area contributed by atoms with Crippen LogP contribution in [0.15, 0.2) is 78.9 Å². The van der Waals surface area contributed by atoms with Crippen molar-refractivity contribution in [3.63, 3.8) is 0 Å². The highest BCUT2D eigenvalue weighted by molar-refractivity contribution is 14.1. The summed E-state index contributed by atoms with van der Waals surface area (Å²) in [5.41, 5.74) is 3.17. The molecule has 0 aromatic heterocycles. The lowest BCUT2D eigenvalue weighted by Gasteiger charge is -2.34. The lowest BCUT2D eigenvalue weighted by atomic mass is 10.0. The number of aryl methyl sites for hydroxylation is 1. The molecular weight excluding hydrogens is 625 g/mol. The first kappa shape index (κ1) is 30.6. The van der Waals surface area contributed by atoms with Crippen molar-refractivity contribution in [2.45, 2.75) is 52.2 Å². The molecule has 0 heterocycles. The lowest BCUT2D eigenvalue weighted by Crippen LogP contribution is -2.54. The van der Waals surface area contributed by atoms with Crippen molar-refractivity contribution in [2.75, 3.05) is 17.1 Å². The van der Waals surface area contributed by atoms with Crippen LogP contribution in [-0.2, 0) is 32.6 Å². The molecule has 7 nitrogen and oxygen atoms in total. The highest BCUT2D eigenvalue weighted by Crippen LogP contribution is 2.22. The Bertz CT molecular complexity index is 1360. The van der Waals surface area contributed by atoms with Gasteiger partial charge >= 0.3 is 0 Å². The van der Waals surface area contributed by atoms with Crippen molar-refractivity contribution < 1.29 is 18.0 Å². The highest BCUT2D eigenvalue weighted by Gasteiger charge is 2.33. The predicted molar refractivity (Wildman–Crippen MR) is 165 cm³/mol. The van der Waals surface area contributed by atoms with Gasteiger partial charge in [0.1, 0.15) is 12.6 Å². The molecule has 0 aliphatic rings. The van der Waals surface area contributed by atoms with Gasteiger partial charge in [0, 0.05) is 22.6 Å². The number of nitrogens with zero attached hydrogens (tertiary/aromatic N) is 2. The van der Waals surface area contributed by atoms with Crippen molar-refractivity contribution >= 4 is 50.1 Å². The Morgan fingerprint density at radius 2 is 1.56 bits per heavy atom. The topological polar surface area (TPSA) is 86.8 Å². The quantitative estimate of drug-likeness (QED) is 0.280. The molecule has 3 rings (SSSR count). The predicted octanol–water partition coefficient (Wildman–Crippen LogP) is 4.92. The van der Waals surface area contributed by atoms with Crippen LogP contribution in [0.1, 0.15) is 37.0 Å². The highest BCUT2D eigenvalue weighted by atomic mass is 127. The van der Waals surface area contributed by atoms with E-state index >= 15 is 0 Å². The number of amides is 2. The molecule has 0 saturated heterocycles. The third-order valence-corrected chi connectivity index (χ3v) is 8.53. The lowest BCUT2D eigenvalue weighted by molar-refractivity contribution is -0.140. The maximum Gasteiger partial charge on any atom is 0.244 e. The van der Waals surface area contributed by atoms with E-state index in [2.05, 4.69) is 27.9 Å². The van der Waals surface area contributed by atoms with Gasteiger partial charge in [0.25, 0.3) is 0 Å².